The van der Waals surface area contributed by atoms with Gasteiger partial charge in [-0.3, -0.25) is 9.05 Å². The fourth-order valence-corrected chi connectivity index (χ4v) is 5.14. The van der Waals surface area contributed by atoms with Crippen molar-refractivity contribution in [2.75, 3.05) is 33.0 Å². The van der Waals surface area contributed by atoms with E-state index in [1.165, 1.54) is 89.9 Å². The normalized spacial score (nSPS) is 14.7. The molecule has 0 aliphatic carbocycles. The van der Waals surface area contributed by atoms with Gasteiger partial charge in [-0.2, -0.15) is 0 Å². The van der Waals surface area contributed by atoms with Gasteiger partial charge in [0.15, 0.2) is 0 Å². The predicted molar refractivity (Wildman–Crippen MR) is 160 cm³/mol. The summed E-state index contributed by atoms with van der Waals surface area (Å²) in [7, 11) is -4.39. The van der Waals surface area contributed by atoms with Gasteiger partial charge in [0.05, 0.1) is 33.0 Å². The summed E-state index contributed by atoms with van der Waals surface area (Å²) in [5.41, 5.74) is 0.972. The van der Waals surface area contributed by atoms with Crippen LogP contribution in [0.2, 0.25) is 0 Å². The molecule has 234 valence electrons. The smallest absolute Gasteiger partial charge is 0.394 e. The zero-order chi connectivity index (χ0) is 29.2. The van der Waals surface area contributed by atoms with E-state index in [-0.39, 0.29) is 13.2 Å². The quantitative estimate of drug-likeness (QED) is 0.0658. The highest BCUT2D eigenvalue weighted by atomic mass is 31.2. The van der Waals surface area contributed by atoms with E-state index in [2.05, 4.69) is 6.92 Å². The second-order valence-electron chi connectivity index (χ2n) is 10.7. The predicted octanol–water partition coefficient (Wildman–Crippen LogP) is 7.34. The van der Waals surface area contributed by atoms with Gasteiger partial charge in [0, 0.05) is 6.61 Å². The van der Waals surface area contributed by atoms with Crippen LogP contribution < -0.4 is 0 Å². The van der Waals surface area contributed by atoms with Gasteiger partial charge in [0.1, 0.15) is 12.2 Å². The Bertz CT molecular complexity index is 721. The Morgan fingerprint density at radius 3 is 1.75 bits per heavy atom. The maximum atomic E-state index is 12.1. The first-order chi connectivity index (χ1) is 19.5. The number of phosphoric acid groups is 1. The largest absolute Gasteiger partial charge is 0.472 e. The van der Waals surface area contributed by atoms with Crippen LogP contribution in [0.4, 0.5) is 0 Å². The van der Waals surface area contributed by atoms with Crippen molar-refractivity contribution >= 4 is 7.82 Å². The van der Waals surface area contributed by atoms with Crippen LogP contribution in [0.3, 0.4) is 0 Å². The first kappa shape index (κ1) is 37.2. The van der Waals surface area contributed by atoms with E-state index in [0.29, 0.717) is 13.2 Å². The van der Waals surface area contributed by atoms with E-state index in [1.54, 1.807) is 0 Å². The summed E-state index contributed by atoms with van der Waals surface area (Å²) in [5.74, 6) is 0. The fourth-order valence-electron chi connectivity index (χ4n) is 4.35. The van der Waals surface area contributed by atoms with Gasteiger partial charge >= 0.3 is 7.82 Å². The summed E-state index contributed by atoms with van der Waals surface area (Å²) in [6.45, 7) is 2.13. The monoisotopic (exact) mass is 588 g/mol. The molecule has 1 unspecified atom stereocenters. The molecule has 0 amide bonds. The Hall–Kier alpha value is -0.830. The van der Waals surface area contributed by atoms with Gasteiger partial charge in [0.2, 0.25) is 0 Å². The molecule has 0 fully saturated rings. The Morgan fingerprint density at radius 1 is 0.725 bits per heavy atom. The minimum absolute atomic E-state index is 0.200. The molecule has 0 aromatic heterocycles. The molecule has 0 saturated carbocycles. The van der Waals surface area contributed by atoms with Gasteiger partial charge in [-0.1, -0.05) is 134 Å². The number of aliphatic hydroxyl groups excluding tert-OH is 2. The molecule has 40 heavy (non-hydrogen) atoms. The minimum Gasteiger partial charge on any atom is -0.394 e. The van der Waals surface area contributed by atoms with Gasteiger partial charge in [-0.15, -0.1) is 0 Å². The van der Waals surface area contributed by atoms with E-state index >= 15 is 0 Å². The highest BCUT2D eigenvalue weighted by Crippen LogP contribution is 2.43. The molecular formula is C31H57O8P. The second-order valence-corrected chi connectivity index (χ2v) is 12.1. The third-order valence-corrected chi connectivity index (χ3v) is 7.79. The van der Waals surface area contributed by atoms with E-state index in [0.717, 1.165) is 18.4 Å². The topological polar surface area (TPSA) is 115 Å². The van der Waals surface area contributed by atoms with Gasteiger partial charge in [0.25, 0.3) is 0 Å². The van der Waals surface area contributed by atoms with Crippen LogP contribution in [0.15, 0.2) is 30.3 Å². The van der Waals surface area contributed by atoms with Crippen molar-refractivity contribution in [3.05, 3.63) is 35.9 Å². The standard InChI is InChI=1S/C31H57O8P/c1-2-3-4-5-6-7-8-9-10-11-12-13-14-15-16-20-23-36-27-31(37-25-29-21-18-17-19-22-29)28-39-40(34,35)38-26-30(33)24-32/h17-19,21-22,30-33H,2-16,20,23-28H2,1H3,(H,34,35)/t30-,31+/m0/s1. The van der Waals surface area contributed by atoms with E-state index < -0.39 is 33.2 Å². The van der Waals surface area contributed by atoms with Crippen molar-refractivity contribution in [3.8, 4) is 0 Å². The zero-order valence-corrected chi connectivity index (χ0v) is 25.8. The number of hydrogen-bond acceptors (Lipinski definition) is 7. The van der Waals surface area contributed by atoms with Crippen LogP contribution in [0.5, 0.6) is 0 Å². The Labute approximate surface area is 243 Å². The average Bonchev–Trinajstić information content (AvgIpc) is 2.96. The highest BCUT2D eigenvalue weighted by molar-refractivity contribution is 7.47. The molecule has 0 radical (unpaired) electrons. The molecule has 0 bridgehead atoms. The van der Waals surface area contributed by atoms with Gasteiger partial charge < -0.3 is 24.6 Å². The first-order valence-corrected chi connectivity index (χ1v) is 17.1. The molecule has 1 rings (SSSR count). The van der Waals surface area contributed by atoms with Crippen molar-refractivity contribution in [2.45, 2.75) is 128 Å². The van der Waals surface area contributed by atoms with Crippen LogP contribution in [-0.2, 0) is 29.7 Å². The van der Waals surface area contributed by atoms with Crippen molar-refractivity contribution < 1.29 is 38.2 Å². The fraction of sp³-hybridized carbons (Fsp3) is 0.806. The highest BCUT2D eigenvalue weighted by Gasteiger charge is 2.25. The third kappa shape index (κ3) is 22.8. The SMILES string of the molecule is CCCCCCCCCCCCCCCCCCOC[C@H](COP(=O)(O)OC[C@@H](O)CO)OCc1ccccc1. The summed E-state index contributed by atoms with van der Waals surface area (Å²) in [5, 5.41) is 18.2. The molecule has 0 saturated heterocycles. The maximum Gasteiger partial charge on any atom is 0.472 e. The minimum atomic E-state index is -4.39. The summed E-state index contributed by atoms with van der Waals surface area (Å²) in [6.07, 6.45) is 19.3. The van der Waals surface area contributed by atoms with Crippen molar-refractivity contribution in [1.82, 2.24) is 0 Å². The lowest BCUT2D eigenvalue weighted by Crippen LogP contribution is -2.26. The molecule has 8 nitrogen and oxygen atoms in total. The lowest BCUT2D eigenvalue weighted by Gasteiger charge is -2.20. The first-order valence-electron chi connectivity index (χ1n) is 15.6. The Kier molecular flexibility index (Phi) is 24.0. The number of phosphoric ester groups is 1. The maximum absolute atomic E-state index is 12.1. The summed E-state index contributed by atoms with van der Waals surface area (Å²) in [6, 6.07) is 9.63. The molecule has 3 atom stereocenters. The van der Waals surface area contributed by atoms with Crippen LogP contribution in [-0.4, -0.2) is 60.3 Å². The molecule has 0 spiro atoms. The molecule has 3 N–H and O–H groups in total. The van der Waals surface area contributed by atoms with Gasteiger partial charge in [-0.25, -0.2) is 4.57 Å². The number of unbranched alkanes of at least 4 members (excludes halogenated alkanes) is 15. The van der Waals surface area contributed by atoms with Crippen LogP contribution in [0.1, 0.15) is 115 Å². The van der Waals surface area contributed by atoms with E-state index in [9.17, 15) is 14.6 Å². The van der Waals surface area contributed by atoms with Crippen LogP contribution in [0.25, 0.3) is 0 Å². The molecule has 9 heteroatoms. The number of rotatable bonds is 29. The summed E-state index contributed by atoms with van der Waals surface area (Å²) in [4.78, 5) is 9.84. The molecule has 0 aliphatic heterocycles. The average molecular weight is 589 g/mol. The van der Waals surface area contributed by atoms with E-state index in [1.807, 2.05) is 30.3 Å². The van der Waals surface area contributed by atoms with Crippen LogP contribution in [0, 0.1) is 0 Å². The van der Waals surface area contributed by atoms with Crippen molar-refractivity contribution in [2.24, 2.45) is 0 Å². The summed E-state index contributed by atoms with van der Waals surface area (Å²) >= 11 is 0. The van der Waals surface area contributed by atoms with Gasteiger partial charge in [-0.05, 0) is 12.0 Å². The number of benzene rings is 1. The Balaban J connectivity index is 2.11. The third-order valence-electron chi connectivity index (χ3n) is 6.84. The summed E-state index contributed by atoms with van der Waals surface area (Å²) < 4.78 is 33.5. The number of hydrogen-bond donors (Lipinski definition) is 3. The van der Waals surface area contributed by atoms with E-state index in [4.69, 9.17) is 23.6 Å². The number of aliphatic hydroxyl groups is 2. The second kappa shape index (κ2) is 25.8. The lowest BCUT2D eigenvalue weighted by atomic mass is 10.0. The number of ether oxygens (including phenoxy) is 2. The lowest BCUT2D eigenvalue weighted by molar-refractivity contribution is -0.0522. The molecule has 1 aromatic carbocycles. The molecule has 0 heterocycles. The molecule has 1 aromatic rings. The van der Waals surface area contributed by atoms with Crippen LogP contribution >= 0.6 is 7.82 Å². The van der Waals surface area contributed by atoms with Crippen molar-refractivity contribution in [3.63, 3.8) is 0 Å². The Morgan fingerprint density at radius 2 is 1.23 bits per heavy atom. The molecular weight excluding hydrogens is 531 g/mol. The molecule has 0 aliphatic rings. The van der Waals surface area contributed by atoms with Crippen molar-refractivity contribution in [1.29, 1.82) is 0 Å². The zero-order valence-electron chi connectivity index (χ0n) is 24.9.